The highest BCUT2D eigenvalue weighted by Gasteiger charge is 2.07. The zero-order valence-electron chi connectivity index (χ0n) is 14.1. The molecular formula is C19H17FN2O3S. The smallest absolute Gasteiger partial charge is 0.307 e. The molecule has 2 aromatic heterocycles. The maximum atomic E-state index is 12.8. The quantitative estimate of drug-likeness (QED) is 0.490. The zero-order valence-corrected chi connectivity index (χ0v) is 15.0. The molecule has 5 nitrogen and oxygen atoms in total. The fourth-order valence-corrected chi connectivity index (χ4v) is 3.17. The van der Waals surface area contributed by atoms with Crippen LogP contribution in [0.5, 0.6) is 0 Å². The molecule has 134 valence electrons. The highest BCUT2D eigenvalue weighted by Crippen LogP contribution is 2.19. The van der Waals surface area contributed by atoms with E-state index in [1.54, 1.807) is 24.4 Å². The van der Waals surface area contributed by atoms with Crippen LogP contribution in [0.2, 0.25) is 0 Å². The van der Waals surface area contributed by atoms with Crippen LogP contribution in [0, 0.1) is 12.7 Å². The van der Waals surface area contributed by atoms with E-state index in [0.29, 0.717) is 17.1 Å². The van der Waals surface area contributed by atoms with Crippen LogP contribution in [0.15, 0.2) is 58.4 Å². The maximum Gasteiger partial charge on any atom is 0.307 e. The van der Waals surface area contributed by atoms with Crippen molar-refractivity contribution in [3.63, 3.8) is 0 Å². The minimum absolute atomic E-state index is 0.0420. The van der Waals surface area contributed by atoms with Crippen LogP contribution in [-0.2, 0) is 16.1 Å². The van der Waals surface area contributed by atoms with Gasteiger partial charge in [-0.15, -0.1) is 11.8 Å². The Morgan fingerprint density at radius 2 is 2.00 bits per heavy atom. The number of nitrogens with zero attached hydrogens (tertiary/aromatic N) is 2. The first kappa shape index (κ1) is 18.1. The van der Waals surface area contributed by atoms with Crippen LogP contribution < -0.4 is 5.56 Å². The van der Waals surface area contributed by atoms with Crippen molar-refractivity contribution in [2.75, 3.05) is 5.75 Å². The lowest BCUT2D eigenvalue weighted by molar-refractivity contribution is -0.144. The van der Waals surface area contributed by atoms with Crippen molar-refractivity contribution in [1.29, 1.82) is 0 Å². The van der Waals surface area contributed by atoms with Crippen molar-refractivity contribution in [2.45, 2.75) is 24.8 Å². The van der Waals surface area contributed by atoms with Crippen molar-refractivity contribution < 1.29 is 13.9 Å². The number of thioether (sulfide) groups is 1. The Labute approximate surface area is 153 Å². The molecule has 26 heavy (non-hydrogen) atoms. The standard InChI is InChI=1S/C19H17FN2O3S/c1-13-2-7-17-21-15(10-18(23)22(17)11-13)12-25-19(24)8-9-26-16-5-3-14(20)4-6-16/h2-7,10-11H,8-9,12H2,1H3. The second kappa shape index (κ2) is 8.14. The summed E-state index contributed by atoms with van der Waals surface area (Å²) in [5.41, 5.74) is 1.68. The number of fused-ring (bicyclic) bond motifs is 1. The van der Waals surface area contributed by atoms with Crippen LogP contribution in [0.4, 0.5) is 4.39 Å². The van der Waals surface area contributed by atoms with Crippen molar-refractivity contribution in [1.82, 2.24) is 9.38 Å². The van der Waals surface area contributed by atoms with Crippen LogP contribution in [0.3, 0.4) is 0 Å². The molecule has 0 spiro atoms. The number of carbonyl (C=O) groups is 1. The molecule has 0 unspecified atom stereocenters. The molecule has 3 aromatic rings. The molecule has 0 amide bonds. The summed E-state index contributed by atoms with van der Waals surface area (Å²) >= 11 is 1.45. The molecule has 0 aliphatic carbocycles. The van der Waals surface area contributed by atoms with E-state index in [-0.39, 0.29) is 30.4 Å². The molecule has 0 atom stereocenters. The molecule has 2 heterocycles. The lowest BCUT2D eigenvalue weighted by Gasteiger charge is -2.07. The summed E-state index contributed by atoms with van der Waals surface area (Å²) in [6.45, 7) is 1.85. The van der Waals surface area contributed by atoms with Crippen LogP contribution in [0.1, 0.15) is 17.7 Å². The molecule has 3 rings (SSSR count). The number of halogens is 1. The number of rotatable bonds is 6. The van der Waals surface area contributed by atoms with Gasteiger partial charge in [-0.25, -0.2) is 9.37 Å². The number of aromatic nitrogens is 2. The SMILES string of the molecule is Cc1ccc2nc(COC(=O)CCSc3ccc(F)cc3)cc(=O)n2c1. The van der Waals surface area contributed by atoms with E-state index < -0.39 is 0 Å². The van der Waals surface area contributed by atoms with E-state index in [9.17, 15) is 14.0 Å². The van der Waals surface area contributed by atoms with Gasteiger partial charge in [-0.2, -0.15) is 0 Å². The van der Waals surface area contributed by atoms with E-state index in [4.69, 9.17) is 4.74 Å². The zero-order chi connectivity index (χ0) is 18.5. The summed E-state index contributed by atoms with van der Waals surface area (Å²) in [5.74, 6) is -0.134. The van der Waals surface area contributed by atoms with E-state index in [0.717, 1.165) is 10.5 Å². The number of hydrogen-bond acceptors (Lipinski definition) is 5. The molecule has 0 fully saturated rings. The van der Waals surface area contributed by atoms with Gasteiger partial charge < -0.3 is 4.74 Å². The van der Waals surface area contributed by atoms with Crippen molar-refractivity contribution in [3.8, 4) is 0 Å². The lowest BCUT2D eigenvalue weighted by atomic mass is 10.3. The first-order chi connectivity index (χ1) is 12.5. The molecule has 1 aromatic carbocycles. The third-order valence-corrected chi connectivity index (χ3v) is 4.64. The molecule has 0 radical (unpaired) electrons. The van der Waals surface area contributed by atoms with Gasteiger partial charge in [0.1, 0.15) is 18.1 Å². The second-order valence-corrected chi connectivity index (χ2v) is 6.90. The van der Waals surface area contributed by atoms with Crippen LogP contribution in [-0.4, -0.2) is 21.1 Å². The summed E-state index contributed by atoms with van der Waals surface area (Å²) in [7, 11) is 0. The summed E-state index contributed by atoms with van der Waals surface area (Å²) in [6.07, 6.45) is 1.93. The molecule has 0 saturated heterocycles. The number of hydrogen-bond donors (Lipinski definition) is 0. The molecule has 0 bridgehead atoms. The fraction of sp³-hybridized carbons (Fsp3) is 0.211. The van der Waals surface area contributed by atoms with Crippen molar-refractivity contribution >= 4 is 23.4 Å². The van der Waals surface area contributed by atoms with Gasteiger partial charge in [-0.1, -0.05) is 6.07 Å². The molecule has 0 saturated carbocycles. The third-order valence-electron chi connectivity index (χ3n) is 3.63. The molecule has 0 N–H and O–H groups in total. The van der Waals surface area contributed by atoms with Crippen molar-refractivity contribution in [3.05, 3.63) is 76.1 Å². The predicted octanol–water partition coefficient (Wildman–Crippen LogP) is 3.37. The number of benzene rings is 1. The summed E-state index contributed by atoms with van der Waals surface area (Å²) in [5, 5.41) is 0. The maximum absolute atomic E-state index is 12.8. The Kier molecular flexibility index (Phi) is 5.68. The highest BCUT2D eigenvalue weighted by atomic mass is 32.2. The summed E-state index contributed by atoms with van der Waals surface area (Å²) in [4.78, 5) is 29.2. The van der Waals surface area contributed by atoms with E-state index in [1.807, 2.05) is 13.0 Å². The minimum Gasteiger partial charge on any atom is -0.459 e. The van der Waals surface area contributed by atoms with Gasteiger partial charge in [0.2, 0.25) is 0 Å². The van der Waals surface area contributed by atoms with Gasteiger partial charge in [-0.05, 0) is 42.8 Å². The third kappa shape index (κ3) is 4.70. The number of esters is 1. The molecule has 7 heteroatoms. The predicted molar refractivity (Wildman–Crippen MR) is 97.7 cm³/mol. The van der Waals surface area contributed by atoms with E-state index >= 15 is 0 Å². The summed E-state index contributed by atoms with van der Waals surface area (Å²) < 4.78 is 19.5. The summed E-state index contributed by atoms with van der Waals surface area (Å²) in [6, 6.07) is 11.1. The lowest BCUT2D eigenvalue weighted by Crippen LogP contribution is -2.17. The largest absolute Gasteiger partial charge is 0.459 e. The fourth-order valence-electron chi connectivity index (χ4n) is 2.34. The van der Waals surface area contributed by atoms with Gasteiger partial charge in [0.15, 0.2) is 0 Å². The van der Waals surface area contributed by atoms with Crippen molar-refractivity contribution in [2.24, 2.45) is 0 Å². The molecular weight excluding hydrogens is 355 g/mol. The molecule has 0 aliphatic heterocycles. The second-order valence-electron chi connectivity index (χ2n) is 5.73. The average molecular weight is 372 g/mol. The normalized spacial score (nSPS) is 10.8. The van der Waals surface area contributed by atoms with Gasteiger partial charge in [0.05, 0.1) is 12.1 Å². The highest BCUT2D eigenvalue weighted by molar-refractivity contribution is 7.99. The van der Waals surface area contributed by atoms with Gasteiger partial charge in [-0.3, -0.25) is 14.0 Å². The Hall–Kier alpha value is -2.67. The first-order valence-corrected chi connectivity index (χ1v) is 9.03. The Bertz CT molecular complexity index is 986. The number of aryl methyl sites for hydroxylation is 1. The number of pyridine rings is 1. The van der Waals surface area contributed by atoms with Gasteiger partial charge >= 0.3 is 5.97 Å². The topological polar surface area (TPSA) is 60.7 Å². The first-order valence-electron chi connectivity index (χ1n) is 8.04. The van der Waals surface area contributed by atoms with E-state index in [1.165, 1.54) is 34.4 Å². The van der Waals surface area contributed by atoms with E-state index in [2.05, 4.69) is 4.98 Å². The van der Waals surface area contributed by atoms with Gasteiger partial charge in [0.25, 0.3) is 5.56 Å². The van der Waals surface area contributed by atoms with Gasteiger partial charge in [0, 0.05) is 22.9 Å². The monoisotopic (exact) mass is 372 g/mol. The molecule has 0 aliphatic rings. The average Bonchev–Trinajstić information content (AvgIpc) is 2.62. The number of ether oxygens (including phenoxy) is 1. The van der Waals surface area contributed by atoms with Crippen LogP contribution >= 0.6 is 11.8 Å². The Balaban J connectivity index is 1.52. The Morgan fingerprint density at radius 1 is 1.23 bits per heavy atom. The minimum atomic E-state index is -0.370. The Morgan fingerprint density at radius 3 is 2.77 bits per heavy atom. The van der Waals surface area contributed by atoms with Crippen LogP contribution in [0.25, 0.3) is 5.65 Å². The number of carbonyl (C=O) groups excluding carboxylic acids is 1.